The SMILES string of the molecule is CC(C)(C)OCC(NN)C1CCc2cccnc21. The van der Waals surface area contributed by atoms with Crippen LogP contribution in [-0.2, 0) is 11.2 Å². The van der Waals surface area contributed by atoms with Gasteiger partial charge in [0.15, 0.2) is 0 Å². The molecule has 0 aliphatic heterocycles. The lowest BCUT2D eigenvalue weighted by Gasteiger charge is -2.27. The Kier molecular flexibility index (Phi) is 4.00. The van der Waals surface area contributed by atoms with Crippen molar-refractivity contribution in [2.45, 2.75) is 51.2 Å². The van der Waals surface area contributed by atoms with E-state index in [0.717, 1.165) is 12.8 Å². The fraction of sp³-hybridized carbons (Fsp3) is 0.643. The van der Waals surface area contributed by atoms with Crippen LogP contribution in [0.25, 0.3) is 0 Å². The van der Waals surface area contributed by atoms with Gasteiger partial charge in [-0.3, -0.25) is 16.3 Å². The number of ether oxygens (including phenoxy) is 1. The minimum Gasteiger partial charge on any atom is -0.374 e. The van der Waals surface area contributed by atoms with Crippen molar-refractivity contribution in [1.82, 2.24) is 10.4 Å². The fourth-order valence-corrected chi connectivity index (χ4v) is 2.46. The van der Waals surface area contributed by atoms with Crippen LogP contribution >= 0.6 is 0 Å². The van der Waals surface area contributed by atoms with E-state index in [2.05, 4.69) is 37.2 Å². The first-order valence-electron chi connectivity index (χ1n) is 6.55. The average molecular weight is 249 g/mol. The topological polar surface area (TPSA) is 60.2 Å². The quantitative estimate of drug-likeness (QED) is 0.630. The van der Waals surface area contributed by atoms with E-state index in [-0.39, 0.29) is 11.6 Å². The largest absolute Gasteiger partial charge is 0.374 e. The molecular weight excluding hydrogens is 226 g/mol. The zero-order valence-electron chi connectivity index (χ0n) is 11.4. The Labute approximate surface area is 109 Å². The van der Waals surface area contributed by atoms with Crippen molar-refractivity contribution in [3.63, 3.8) is 0 Å². The van der Waals surface area contributed by atoms with Crippen LogP contribution in [0.1, 0.15) is 44.4 Å². The van der Waals surface area contributed by atoms with Crippen molar-refractivity contribution in [2.75, 3.05) is 6.61 Å². The van der Waals surface area contributed by atoms with Crippen LogP contribution in [0.2, 0.25) is 0 Å². The molecule has 2 atom stereocenters. The van der Waals surface area contributed by atoms with E-state index >= 15 is 0 Å². The van der Waals surface area contributed by atoms with E-state index in [1.165, 1.54) is 11.3 Å². The Morgan fingerprint density at radius 2 is 2.33 bits per heavy atom. The van der Waals surface area contributed by atoms with Crippen molar-refractivity contribution in [1.29, 1.82) is 0 Å². The van der Waals surface area contributed by atoms with Gasteiger partial charge in [0.1, 0.15) is 0 Å². The lowest BCUT2D eigenvalue weighted by Crippen LogP contribution is -2.44. The standard InChI is InChI=1S/C14H23N3O/c1-14(2,3)18-9-12(17-15)11-7-6-10-5-4-8-16-13(10)11/h4-5,8,11-12,17H,6-7,9,15H2,1-3H3. The highest BCUT2D eigenvalue weighted by molar-refractivity contribution is 5.29. The number of nitrogens with two attached hydrogens (primary N) is 1. The molecule has 0 radical (unpaired) electrons. The Bertz CT molecular complexity index is 400. The van der Waals surface area contributed by atoms with Crippen LogP contribution in [0.15, 0.2) is 18.3 Å². The van der Waals surface area contributed by atoms with E-state index in [4.69, 9.17) is 10.6 Å². The number of nitrogens with one attached hydrogen (secondary N) is 1. The maximum Gasteiger partial charge on any atom is 0.0646 e. The molecule has 100 valence electrons. The third kappa shape index (κ3) is 3.07. The first kappa shape index (κ1) is 13.5. The first-order valence-corrected chi connectivity index (χ1v) is 6.55. The number of nitrogens with zero attached hydrogens (tertiary/aromatic N) is 1. The van der Waals surface area contributed by atoms with Crippen LogP contribution in [0.4, 0.5) is 0 Å². The van der Waals surface area contributed by atoms with E-state index < -0.39 is 0 Å². The number of aromatic nitrogens is 1. The molecule has 0 amide bonds. The van der Waals surface area contributed by atoms with Gasteiger partial charge in [-0.2, -0.15) is 0 Å². The molecule has 18 heavy (non-hydrogen) atoms. The van der Waals surface area contributed by atoms with E-state index in [1.807, 2.05) is 12.3 Å². The molecule has 0 saturated carbocycles. The summed E-state index contributed by atoms with van der Waals surface area (Å²) < 4.78 is 5.84. The van der Waals surface area contributed by atoms with Crippen molar-refractivity contribution < 1.29 is 4.74 Å². The van der Waals surface area contributed by atoms with Gasteiger partial charge in [0.2, 0.25) is 0 Å². The minimum atomic E-state index is -0.138. The lowest BCUT2D eigenvalue weighted by molar-refractivity contribution is -0.0179. The molecule has 0 spiro atoms. The third-order valence-electron chi connectivity index (χ3n) is 3.40. The zero-order chi connectivity index (χ0) is 13.2. The molecule has 4 heteroatoms. The van der Waals surface area contributed by atoms with Gasteiger partial charge in [-0.1, -0.05) is 6.07 Å². The summed E-state index contributed by atoms with van der Waals surface area (Å²) in [6, 6.07) is 4.28. The maximum atomic E-state index is 5.84. The van der Waals surface area contributed by atoms with Crippen LogP contribution in [0.5, 0.6) is 0 Å². The summed E-state index contributed by atoms with van der Waals surface area (Å²) in [5, 5.41) is 0. The molecule has 0 fully saturated rings. The molecule has 2 unspecified atom stereocenters. The second-order valence-corrected chi connectivity index (χ2v) is 5.89. The molecule has 3 N–H and O–H groups in total. The number of hydrogen-bond acceptors (Lipinski definition) is 4. The number of hydrazine groups is 1. The minimum absolute atomic E-state index is 0.125. The Morgan fingerprint density at radius 3 is 3.00 bits per heavy atom. The first-order chi connectivity index (χ1) is 8.51. The predicted molar refractivity (Wildman–Crippen MR) is 72.1 cm³/mol. The zero-order valence-corrected chi connectivity index (χ0v) is 11.4. The molecule has 1 aliphatic carbocycles. The van der Waals surface area contributed by atoms with Crippen molar-refractivity contribution in [3.8, 4) is 0 Å². The summed E-state index contributed by atoms with van der Waals surface area (Å²) in [5.74, 6) is 6.04. The molecule has 0 bridgehead atoms. The summed E-state index contributed by atoms with van der Waals surface area (Å²) in [4.78, 5) is 4.50. The molecule has 0 saturated heterocycles. The van der Waals surface area contributed by atoms with Crippen molar-refractivity contribution in [2.24, 2.45) is 5.84 Å². The molecule has 1 aliphatic rings. The van der Waals surface area contributed by atoms with E-state index in [9.17, 15) is 0 Å². The molecule has 1 heterocycles. The summed E-state index contributed by atoms with van der Waals surface area (Å²) in [5.41, 5.74) is 5.28. The summed E-state index contributed by atoms with van der Waals surface area (Å²) in [6.07, 6.45) is 4.03. The highest BCUT2D eigenvalue weighted by Crippen LogP contribution is 2.33. The second kappa shape index (κ2) is 5.34. The molecule has 2 rings (SSSR count). The monoisotopic (exact) mass is 249 g/mol. The lowest BCUT2D eigenvalue weighted by atomic mass is 9.98. The Morgan fingerprint density at radius 1 is 1.56 bits per heavy atom. The fourth-order valence-electron chi connectivity index (χ4n) is 2.46. The van der Waals surface area contributed by atoms with Gasteiger partial charge in [-0.05, 0) is 45.2 Å². The van der Waals surface area contributed by atoms with Crippen LogP contribution in [0, 0.1) is 0 Å². The smallest absolute Gasteiger partial charge is 0.0646 e. The van der Waals surface area contributed by atoms with Crippen LogP contribution < -0.4 is 11.3 Å². The molecule has 1 aromatic heterocycles. The van der Waals surface area contributed by atoms with Gasteiger partial charge in [-0.15, -0.1) is 0 Å². The number of aryl methyl sites for hydroxylation is 1. The highest BCUT2D eigenvalue weighted by atomic mass is 16.5. The van der Waals surface area contributed by atoms with Gasteiger partial charge in [0.25, 0.3) is 0 Å². The van der Waals surface area contributed by atoms with Crippen molar-refractivity contribution in [3.05, 3.63) is 29.6 Å². The van der Waals surface area contributed by atoms with Crippen LogP contribution in [-0.4, -0.2) is 23.2 Å². The summed E-state index contributed by atoms with van der Waals surface area (Å²) in [6.45, 7) is 6.78. The van der Waals surface area contributed by atoms with Gasteiger partial charge in [0.05, 0.1) is 18.2 Å². The van der Waals surface area contributed by atoms with Gasteiger partial charge in [-0.25, -0.2) is 0 Å². The average Bonchev–Trinajstić information content (AvgIpc) is 2.73. The highest BCUT2D eigenvalue weighted by Gasteiger charge is 2.31. The molecule has 4 nitrogen and oxygen atoms in total. The van der Waals surface area contributed by atoms with Crippen LogP contribution in [0.3, 0.4) is 0 Å². The number of fused-ring (bicyclic) bond motifs is 1. The predicted octanol–water partition coefficient (Wildman–Crippen LogP) is 1.76. The summed E-state index contributed by atoms with van der Waals surface area (Å²) >= 11 is 0. The van der Waals surface area contributed by atoms with Gasteiger partial charge >= 0.3 is 0 Å². The van der Waals surface area contributed by atoms with Gasteiger partial charge < -0.3 is 4.74 Å². The molecule has 1 aromatic rings. The summed E-state index contributed by atoms with van der Waals surface area (Å²) in [7, 11) is 0. The Hall–Kier alpha value is -0.970. The third-order valence-corrected chi connectivity index (χ3v) is 3.40. The van der Waals surface area contributed by atoms with Crippen molar-refractivity contribution >= 4 is 0 Å². The number of hydrogen-bond donors (Lipinski definition) is 2. The second-order valence-electron chi connectivity index (χ2n) is 5.89. The molecule has 0 aromatic carbocycles. The van der Waals surface area contributed by atoms with E-state index in [0.29, 0.717) is 12.5 Å². The number of pyridine rings is 1. The Balaban J connectivity index is 2.06. The van der Waals surface area contributed by atoms with Gasteiger partial charge in [0, 0.05) is 17.8 Å². The number of rotatable bonds is 4. The molecular formula is C14H23N3O. The maximum absolute atomic E-state index is 5.84. The van der Waals surface area contributed by atoms with E-state index in [1.54, 1.807) is 0 Å². The normalized spacial score (nSPS) is 20.8.